The summed E-state index contributed by atoms with van der Waals surface area (Å²) in [5.41, 5.74) is 2.94. The summed E-state index contributed by atoms with van der Waals surface area (Å²) in [7, 11) is 0. The molecule has 0 aliphatic heterocycles. The van der Waals surface area contributed by atoms with Gasteiger partial charge in [-0.2, -0.15) is 0 Å². The normalized spacial score (nSPS) is 11.2. The number of pyridine rings is 1. The van der Waals surface area contributed by atoms with E-state index >= 15 is 0 Å². The van der Waals surface area contributed by atoms with E-state index in [0.717, 1.165) is 11.3 Å². The van der Waals surface area contributed by atoms with E-state index in [4.69, 9.17) is 4.74 Å². The fourth-order valence-corrected chi connectivity index (χ4v) is 3.60. The molecule has 7 nitrogen and oxygen atoms in total. The molecule has 7 heteroatoms. The number of aromatic nitrogens is 1. The molecule has 0 saturated heterocycles. The van der Waals surface area contributed by atoms with E-state index < -0.39 is 11.8 Å². The van der Waals surface area contributed by atoms with Crippen molar-refractivity contribution >= 4 is 35.4 Å². The zero-order valence-corrected chi connectivity index (χ0v) is 21.3. The van der Waals surface area contributed by atoms with Gasteiger partial charge in [0.25, 0.3) is 11.8 Å². The number of nitrogens with zero attached hydrogens (tertiary/aromatic N) is 1. The van der Waals surface area contributed by atoms with Gasteiger partial charge in [-0.1, -0.05) is 42.5 Å². The Balaban J connectivity index is 1.44. The van der Waals surface area contributed by atoms with Gasteiger partial charge in [0.05, 0.1) is 6.61 Å². The number of anilines is 1. The zero-order chi connectivity index (χ0) is 27.5. The molecule has 0 aliphatic carbocycles. The Labute approximate surface area is 226 Å². The SMILES string of the molecule is CCOc1ccc(/C=C/C(=O)c2ccc(NC(=O)/C(=C/c3cccnc3)NC(=O)c3ccccc3)cc2)cc1. The molecule has 0 radical (unpaired) electrons. The molecular formula is C32H27N3O4. The lowest BCUT2D eigenvalue weighted by molar-refractivity contribution is -0.113. The Kier molecular flexibility index (Phi) is 9.13. The lowest BCUT2D eigenvalue weighted by Crippen LogP contribution is -2.30. The fourth-order valence-electron chi connectivity index (χ4n) is 3.60. The lowest BCUT2D eigenvalue weighted by atomic mass is 10.1. The van der Waals surface area contributed by atoms with Crippen molar-refractivity contribution in [3.63, 3.8) is 0 Å². The number of allylic oxidation sites excluding steroid dienone is 1. The minimum Gasteiger partial charge on any atom is -0.494 e. The van der Waals surface area contributed by atoms with Crippen LogP contribution in [0.2, 0.25) is 0 Å². The van der Waals surface area contributed by atoms with Gasteiger partial charge in [0.15, 0.2) is 5.78 Å². The van der Waals surface area contributed by atoms with Gasteiger partial charge in [0, 0.05) is 29.2 Å². The van der Waals surface area contributed by atoms with Gasteiger partial charge in [-0.3, -0.25) is 19.4 Å². The van der Waals surface area contributed by atoms with Crippen molar-refractivity contribution in [1.29, 1.82) is 0 Å². The van der Waals surface area contributed by atoms with Crippen molar-refractivity contribution in [1.82, 2.24) is 10.3 Å². The van der Waals surface area contributed by atoms with Crippen LogP contribution in [0.15, 0.2) is 115 Å². The van der Waals surface area contributed by atoms with Gasteiger partial charge < -0.3 is 15.4 Å². The minimum atomic E-state index is -0.516. The smallest absolute Gasteiger partial charge is 0.272 e. The number of benzene rings is 3. The Morgan fingerprint density at radius 2 is 1.56 bits per heavy atom. The molecule has 0 aliphatic rings. The van der Waals surface area contributed by atoms with Crippen molar-refractivity contribution in [3.05, 3.63) is 137 Å². The molecular weight excluding hydrogens is 490 g/mol. The van der Waals surface area contributed by atoms with Crippen molar-refractivity contribution in [2.24, 2.45) is 0 Å². The quantitative estimate of drug-likeness (QED) is 0.205. The highest BCUT2D eigenvalue weighted by molar-refractivity contribution is 6.11. The number of hydrogen-bond donors (Lipinski definition) is 2. The van der Waals surface area contributed by atoms with E-state index in [2.05, 4.69) is 15.6 Å². The van der Waals surface area contributed by atoms with Crippen molar-refractivity contribution in [2.75, 3.05) is 11.9 Å². The van der Waals surface area contributed by atoms with Crippen LogP contribution in [0.3, 0.4) is 0 Å². The van der Waals surface area contributed by atoms with Crippen LogP contribution in [0.25, 0.3) is 12.2 Å². The van der Waals surface area contributed by atoms with Gasteiger partial charge in [-0.25, -0.2) is 0 Å². The van der Waals surface area contributed by atoms with Crippen LogP contribution in [0, 0.1) is 0 Å². The second kappa shape index (κ2) is 13.3. The summed E-state index contributed by atoms with van der Waals surface area (Å²) in [4.78, 5) is 42.5. The van der Waals surface area contributed by atoms with Crippen molar-refractivity contribution in [2.45, 2.75) is 6.92 Å². The molecule has 4 aromatic rings. The highest BCUT2D eigenvalue weighted by Gasteiger charge is 2.15. The molecule has 2 amide bonds. The molecule has 2 N–H and O–H groups in total. The molecule has 1 aromatic heterocycles. The van der Waals surface area contributed by atoms with E-state index in [1.54, 1.807) is 91.3 Å². The standard InChI is InChI=1S/C32H27N3O4/c1-2-39-28-17-10-23(11-18-28)12-19-30(36)25-13-15-27(16-14-25)34-32(38)29(21-24-7-6-20-33-22-24)35-31(37)26-8-4-3-5-9-26/h3-22H,2H2,1H3,(H,34,38)(H,35,37)/b19-12+,29-21-. The summed E-state index contributed by atoms with van der Waals surface area (Å²) in [6.45, 7) is 2.51. The molecule has 0 fully saturated rings. The van der Waals surface area contributed by atoms with Crippen LogP contribution in [0.5, 0.6) is 5.75 Å². The summed E-state index contributed by atoms with van der Waals surface area (Å²) < 4.78 is 5.43. The highest BCUT2D eigenvalue weighted by Crippen LogP contribution is 2.16. The van der Waals surface area contributed by atoms with Crippen molar-refractivity contribution < 1.29 is 19.1 Å². The third-order valence-electron chi connectivity index (χ3n) is 5.57. The number of nitrogens with one attached hydrogen (secondary N) is 2. The number of amides is 2. The Bertz CT molecular complexity index is 1480. The van der Waals surface area contributed by atoms with Gasteiger partial charge in [-0.15, -0.1) is 0 Å². The van der Waals surface area contributed by atoms with E-state index in [0.29, 0.717) is 29.0 Å². The van der Waals surface area contributed by atoms with Crippen LogP contribution in [-0.2, 0) is 4.79 Å². The number of rotatable bonds is 10. The monoisotopic (exact) mass is 517 g/mol. The molecule has 0 spiro atoms. The number of ether oxygens (including phenoxy) is 1. The lowest BCUT2D eigenvalue weighted by Gasteiger charge is -2.11. The number of ketones is 1. The summed E-state index contributed by atoms with van der Waals surface area (Å²) in [6.07, 6.45) is 7.99. The molecule has 0 atom stereocenters. The molecule has 194 valence electrons. The summed E-state index contributed by atoms with van der Waals surface area (Å²) in [5.74, 6) is -0.329. The van der Waals surface area contributed by atoms with Crippen LogP contribution < -0.4 is 15.4 Å². The second-order valence-electron chi connectivity index (χ2n) is 8.40. The van der Waals surface area contributed by atoms with Gasteiger partial charge >= 0.3 is 0 Å². The van der Waals surface area contributed by atoms with Gasteiger partial charge in [0.1, 0.15) is 11.4 Å². The zero-order valence-electron chi connectivity index (χ0n) is 21.3. The van der Waals surface area contributed by atoms with E-state index in [1.165, 1.54) is 6.08 Å². The molecule has 3 aromatic carbocycles. The number of carbonyl (C=O) groups excluding carboxylic acids is 3. The topological polar surface area (TPSA) is 97.4 Å². The maximum Gasteiger partial charge on any atom is 0.272 e. The van der Waals surface area contributed by atoms with E-state index in [1.807, 2.05) is 31.2 Å². The largest absolute Gasteiger partial charge is 0.494 e. The van der Waals surface area contributed by atoms with Crippen molar-refractivity contribution in [3.8, 4) is 5.75 Å². The molecule has 1 heterocycles. The van der Waals surface area contributed by atoms with Crippen LogP contribution >= 0.6 is 0 Å². The Morgan fingerprint density at radius 3 is 2.23 bits per heavy atom. The van der Waals surface area contributed by atoms with Crippen LogP contribution in [0.4, 0.5) is 5.69 Å². The third kappa shape index (κ3) is 7.84. The maximum atomic E-state index is 13.1. The van der Waals surface area contributed by atoms with Gasteiger partial charge in [-0.05, 0) is 84.8 Å². The van der Waals surface area contributed by atoms with E-state index in [-0.39, 0.29) is 11.5 Å². The molecule has 0 unspecified atom stereocenters. The maximum absolute atomic E-state index is 13.1. The van der Waals surface area contributed by atoms with Gasteiger partial charge in [0.2, 0.25) is 0 Å². The average Bonchev–Trinajstić information content (AvgIpc) is 2.98. The van der Waals surface area contributed by atoms with E-state index in [9.17, 15) is 14.4 Å². The average molecular weight is 518 g/mol. The number of carbonyl (C=O) groups is 3. The fraction of sp³-hybridized carbons (Fsp3) is 0.0625. The Hall–Kier alpha value is -5.30. The minimum absolute atomic E-state index is 0.0512. The van der Waals surface area contributed by atoms with Crippen LogP contribution in [0.1, 0.15) is 38.8 Å². The number of hydrogen-bond acceptors (Lipinski definition) is 5. The van der Waals surface area contributed by atoms with Crippen LogP contribution in [-0.4, -0.2) is 29.2 Å². The third-order valence-corrected chi connectivity index (χ3v) is 5.57. The predicted octanol–water partition coefficient (Wildman–Crippen LogP) is 5.79. The molecule has 39 heavy (non-hydrogen) atoms. The molecule has 4 rings (SSSR count). The highest BCUT2D eigenvalue weighted by atomic mass is 16.5. The summed E-state index contributed by atoms with van der Waals surface area (Å²) in [5, 5.41) is 5.46. The first kappa shape index (κ1) is 26.8. The summed E-state index contributed by atoms with van der Waals surface area (Å²) in [6, 6.07) is 26.1. The first-order valence-corrected chi connectivity index (χ1v) is 12.4. The molecule has 0 saturated carbocycles. The second-order valence-corrected chi connectivity index (χ2v) is 8.40. The first-order chi connectivity index (χ1) is 19.0. The predicted molar refractivity (Wildman–Crippen MR) is 152 cm³/mol. The summed E-state index contributed by atoms with van der Waals surface area (Å²) >= 11 is 0. The first-order valence-electron chi connectivity index (χ1n) is 12.4. The Morgan fingerprint density at radius 1 is 0.821 bits per heavy atom. The molecule has 0 bridgehead atoms.